The summed E-state index contributed by atoms with van der Waals surface area (Å²) in [6.07, 6.45) is 1.78. The van der Waals surface area contributed by atoms with E-state index in [1.165, 1.54) is 0 Å². The van der Waals surface area contributed by atoms with Crippen molar-refractivity contribution in [2.45, 2.75) is 0 Å². The van der Waals surface area contributed by atoms with Crippen LogP contribution in [0.25, 0.3) is 0 Å². The molecule has 0 aliphatic heterocycles. The summed E-state index contributed by atoms with van der Waals surface area (Å²) in [4.78, 5) is 0. The topological polar surface area (TPSA) is 0 Å². The van der Waals surface area contributed by atoms with Gasteiger partial charge in [-0.15, -0.1) is 0 Å². The third-order valence-electron chi connectivity index (χ3n) is 0.0825. The number of halogens is 2. The highest BCUT2D eigenvalue weighted by atomic mass is 127. The van der Waals surface area contributed by atoms with Crippen LogP contribution < -0.4 is 0 Å². The van der Waals surface area contributed by atoms with Crippen LogP contribution >= 0.6 is 44.8 Å². The van der Waals surface area contributed by atoms with Gasteiger partial charge in [0.05, 0.1) is 0 Å². The van der Waals surface area contributed by atoms with E-state index in [9.17, 15) is 0 Å². The van der Waals surface area contributed by atoms with E-state index in [1.54, 1.807) is 6.10 Å². The summed E-state index contributed by atoms with van der Waals surface area (Å²) in [6.45, 7) is 0. The minimum absolute atomic E-state index is 0.879. The Morgan fingerprint density at radius 1 is 1.60 bits per heavy atom. The molecule has 0 saturated heterocycles. The van der Waals surface area contributed by atoms with Gasteiger partial charge >= 0.3 is 0 Å². The van der Waals surface area contributed by atoms with Crippen LogP contribution in [-0.2, 0) is 0 Å². The molecular formula is C2H4I2S. The zero-order valence-corrected chi connectivity index (χ0v) is 7.71. The summed E-state index contributed by atoms with van der Waals surface area (Å²) >= 11 is 1.36. The van der Waals surface area contributed by atoms with Crippen LogP contribution in [0.3, 0.4) is 0 Å². The fourth-order valence-corrected chi connectivity index (χ4v) is 0. The van der Waals surface area contributed by atoms with Crippen LogP contribution in [0.1, 0.15) is 0 Å². The Morgan fingerprint density at radius 3 is 1.80 bits per heavy atom. The van der Waals surface area contributed by atoms with Gasteiger partial charge in [0.25, 0.3) is 0 Å². The van der Waals surface area contributed by atoms with Crippen LogP contribution in [-0.4, -0.2) is 9.03 Å². The lowest BCUT2D eigenvalue weighted by Gasteiger charge is -1.67. The van der Waals surface area contributed by atoms with Crippen LogP contribution in [0, 0.1) is 0 Å². The van der Waals surface area contributed by atoms with Crippen LogP contribution in [0.5, 0.6) is 0 Å². The predicted octanol–water partition coefficient (Wildman–Crippen LogP) is 2.36. The molecule has 0 nitrogen and oxygen atoms in total. The van der Waals surface area contributed by atoms with Crippen LogP contribution in [0.4, 0.5) is 0 Å². The molecule has 0 bridgehead atoms. The molecule has 0 heterocycles. The molecule has 0 radical (unpaired) electrons. The van der Waals surface area contributed by atoms with Crippen molar-refractivity contribution in [2.24, 2.45) is 0 Å². The smallest absolute Gasteiger partial charge is 0.00697 e. The maximum atomic E-state index is 3.76. The van der Waals surface area contributed by atoms with Crippen molar-refractivity contribution >= 4 is 53.8 Å². The molecule has 0 aliphatic rings. The summed E-state index contributed by atoms with van der Waals surface area (Å²) < 4.78 is 7.52. The lowest BCUT2D eigenvalue weighted by molar-refractivity contribution is 4.89. The lowest BCUT2D eigenvalue weighted by atomic mass is 12.0. The molecule has 0 aromatic carbocycles. The van der Waals surface area contributed by atoms with E-state index in [2.05, 4.69) is 30.2 Å². The first-order chi connectivity index (χ1) is 2.27. The monoisotopic (exact) mass is 314 g/mol. The van der Waals surface area contributed by atoms with Crippen molar-refractivity contribution in [1.29, 1.82) is 0 Å². The fourth-order valence-electron chi connectivity index (χ4n) is 0. The summed E-state index contributed by atoms with van der Waals surface area (Å²) in [6, 6.07) is 0. The molecular weight excluding hydrogens is 310 g/mol. The zero-order valence-electron chi connectivity index (χ0n) is 2.58. The summed E-state index contributed by atoms with van der Waals surface area (Å²) in [5.74, 6) is 0. The minimum atomic E-state index is -0.879. The Hall–Kier alpha value is 1.55. The Labute approximate surface area is 53.1 Å². The van der Waals surface area contributed by atoms with Crippen molar-refractivity contribution in [3.63, 3.8) is 0 Å². The molecule has 0 fully saturated rings. The normalized spacial score (nSPS) is 9.20. The molecule has 0 aromatic rings. The fraction of sp³-hybridized carbons (Fsp3) is 0. The molecule has 0 unspecified atom stereocenters. The third kappa shape index (κ3) is 5.55. The number of rotatable bonds is 1. The standard InChI is InChI=1S/C2H4I2S/c1-4(2)5-3/h1-2H2. The highest BCUT2D eigenvalue weighted by molar-refractivity contribution is 14.4. The van der Waals surface area contributed by atoms with Gasteiger partial charge < -0.3 is 0 Å². The van der Waals surface area contributed by atoms with Gasteiger partial charge in [-0.1, -0.05) is 26.5 Å². The second kappa shape index (κ2) is 3.73. The SMILES string of the molecule is C=I(=C)SI. The maximum absolute atomic E-state index is 3.76. The van der Waals surface area contributed by atoms with Gasteiger partial charge in [0.15, 0.2) is 0 Å². The van der Waals surface area contributed by atoms with Gasteiger partial charge in [0.2, 0.25) is 0 Å². The van der Waals surface area contributed by atoms with Gasteiger partial charge in [-0.05, 0) is 6.10 Å². The van der Waals surface area contributed by atoms with E-state index >= 15 is 0 Å². The molecule has 0 rings (SSSR count). The second-order valence-corrected chi connectivity index (χ2v) is 13.5. The van der Waals surface area contributed by atoms with E-state index in [4.69, 9.17) is 0 Å². The average Bonchev–Trinajstić information content (AvgIpc) is 1.38. The highest BCUT2D eigenvalue weighted by Crippen LogP contribution is 2.31. The first kappa shape index (κ1) is 6.55. The third-order valence-corrected chi connectivity index (χ3v) is 11.1. The van der Waals surface area contributed by atoms with Crippen molar-refractivity contribution < 1.29 is 0 Å². The van der Waals surface area contributed by atoms with Gasteiger partial charge in [-0.2, -0.15) is 0 Å². The maximum Gasteiger partial charge on any atom is 0.00697 e. The molecule has 3 heteroatoms. The number of hydrogen-bond donors (Lipinski definition) is 0. The summed E-state index contributed by atoms with van der Waals surface area (Å²) in [7, 11) is 0. The largest absolute Gasteiger partial charge is 0.0917 e. The number of hydrogen-bond acceptors (Lipinski definition) is 1. The van der Waals surface area contributed by atoms with Crippen molar-refractivity contribution in [3.05, 3.63) is 0 Å². The van der Waals surface area contributed by atoms with Gasteiger partial charge in [-0.25, -0.2) is 0 Å². The Morgan fingerprint density at radius 2 is 1.80 bits per heavy atom. The quantitative estimate of drug-likeness (QED) is 0.670. The molecule has 0 spiro atoms. The molecule has 0 aliphatic carbocycles. The van der Waals surface area contributed by atoms with Crippen LogP contribution in [0.15, 0.2) is 0 Å². The summed E-state index contributed by atoms with van der Waals surface area (Å²) in [5, 5.41) is 0. The minimum Gasteiger partial charge on any atom is -0.0917 e. The van der Waals surface area contributed by atoms with Gasteiger partial charge in [-0.3, -0.25) is 0 Å². The molecule has 0 N–H and O–H groups in total. The molecule has 0 saturated carbocycles. The first-order valence-corrected chi connectivity index (χ1v) is 9.80. The van der Waals surface area contributed by atoms with Crippen molar-refractivity contribution in [1.82, 2.24) is 0 Å². The average molecular weight is 314 g/mol. The van der Waals surface area contributed by atoms with E-state index in [-0.39, 0.29) is 0 Å². The predicted molar refractivity (Wildman–Crippen MR) is 49.9 cm³/mol. The Kier molecular flexibility index (Phi) is 4.89. The Bertz CT molecular complexity index is 65.7. The van der Waals surface area contributed by atoms with E-state index in [0.29, 0.717) is 0 Å². The van der Waals surface area contributed by atoms with E-state index < -0.39 is 17.5 Å². The Balaban J connectivity index is 3.23. The first-order valence-electron chi connectivity index (χ1n) is 0.843. The molecule has 0 atom stereocenters. The van der Waals surface area contributed by atoms with Crippen LogP contribution in [0.2, 0.25) is 0 Å². The molecule has 5 heavy (non-hydrogen) atoms. The van der Waals surface area contributed by atoms with Gasteiger partial charge in [0.1, 0.15) is 0 Å². The lowest BCUT2D eigenvalue weighted by Crippen LogP contribution is -1.11. The summed E-state index contributed by atoms with van der Waals surface area (Å²) in [5.41, 5.74) is 0. The van der Waals surface area contributed by atoms with E-state index in [0.717, 1.165) is 0 Å². The van der Waals surface area contributed by atoms with Gasteiger partial charge in [0, 0.05) is 21.2 Å². The second-order valence-electron chi connectivity index (χ2n) is 0.466. The van der Waals surface area contributed by atoms with Crippen molar-refractivity contribution in [2.75, 3.05) is 0 Å². The highest BCUT2D eigenvalue weighted by Gasteiger charge is 1.57. The van der Waals surface area contributed by atoms with E-state index in [1.807, 2.05) is 0 Å². The molecule has 32 valence electrons. The molecule has 0 amide bonds. The van der Waals surface area contributed by atoms with Crippen molar-refractivity contribution in [3.8, 4) is 0 Å². The molecule has 0 aromatic heterocycles. The zero-order chi connectivity index (χ0) is 4.28.